The number of rotatable bonds is 6. The van der Waals surface area contributed by atoms with Crippen molar-refractivity contribution < 1.29 is 14.6 Å². The highest BCUT2D eigenvalue weighted by Gasteiger charge is 2.18. The van der Waals surface area contributed by atoms with E-state index in [2.05, 4.69) is 17.1 Å². The van der Waals surface area contributed by atoms with Gasteiger partial charge in [-0.3, -0.25) is 4.90 Å². The van der Waals surface area contributed by atoms with Gasteiger partial charge < -0.3 is 15.2 Å². The van der Waals surface area contributed by atoms with Crippen molar-refractivity contribution in [3.8, 4) is 0 Å². The number of likely N-dealkylation sites (N-methyl/N-ethyl adjacent to an activating group) is 1. The van der Waals surface area contributed by atoms with Crippen LogP contribution in [0.25, 0.3) is 0 Å². The molecule has 1 rings (SSSR count). The van der Waals surface area contributed by atoms with E-state index in [1.54, 1.807) is 13.0 Å². The van der Waals surface area contributed by atoms with Crippen molar-refractivity contribution in [1.29, 1.82) is 0 Å². The lowest BCUT2D eigenvalue weighted by Gasteiger charge is -2.32. The molecule has 0 saturated carbocycles. The highest BCUT2D eigenvalue weighted by Crippen LogP contribution is 2.03. The molecule has 1 aliphatic rings. The zero-order valence-corrected chi connectivity index (χ0v) is 10.6. The van der Waals surface area contributed by atoms with Crippen molar-refractivity contribution in [2.45, 2.75) is 20.0 Å². The third-order valence-corrected chi connectivity index (χ3v) is 2.93. The number of nitrogens with zero attached hydrogens (tertiary/aromatic N) is 1. The SMILES string of the molecule is CCN1CCOC(CNC/C=C(/C)C(=O)O)C1. The fraction of sp³-hybridized carbons (Fsp3) is 0.750. The Balaban J connectivity index is 2.18. The molecule has 0 aliphatic carbocycles. The van der Waals surface area contributed by atoms with Gasteiger partial charge in [0, 0.05) is 31.8 Å². The second-order valence-corrected chi connectivity index (χ2v) is 4.24. The van der Waals surface area contributed by atoms with Crippen molar-refractivity contribution in [2.24, 2.45) is 0 Å². The van der Waals surface area contributed by atoms with E-state index in [-0.39, 0.29) is 6.10 Å². The summed E-state index contributed by atoms with van der Waals surface area (Å²) >= 11 is 0. The maximum Gasteiger partial charge on any atom is 0.330 e. The van der Waals surface area contributed by atoms with Gasteiger partial charge >= 0.3 is 5.97 Å². The maximum atomic E-state index is 10.5. The molecule has 0 bridgehead atoms. The van der Waals surface area contributed by atoms with Gasteiger partial charge in [-0.25, -0.2) is 4.79 Å². The number of carboxylic acids is 1. The first-order chi connectivity index (χ1) is 8.13. The third kappa shape index (κ3) is 5.30. The summed E-state index contributed by atoms with van der Waals surface area (Å²) in [5.74, 6) is -0.863. The first kappa shape index (κ1) is 14.2. The topological polar surface area (TPSA) is 61.8 Å². The van der Waals surface area contributed by atoms with Crippen LogP contribution in [0.3, 0.4) is 0 Å². The normalized spacial score (nSPS) is 22.7. The summed E-state index contributed by atoms with van der Waals surface area (Å²) in [5.41, 5.74) is 0.372. The van der Waals surface area contributed by atoms with Gasteiger partial charge in [0.15, 0.2) is 0 Å². The second-order valence-electron chi connectivity index (χ2n) is 4.24. The van der Waals surface area contributed by atoms with Crippen molar-refractivity contribution in [2.75, 3.05) is 39.3 Å². The molecule has 1 fully saturated rings. The Hall–Kier alpha value is -0.910. The molecule has 17 heavy (non-hydrogen) atoms. The van der Waals surface area contributed by atoms with Gasteiger partial charge in [-0.15, -0.1) is 0 Å². The summed E-state index contributed by atoms with van der Waals surface area (Å²) in [5, 5.41) is 11.9. The molecule has 1 unspecified atom stereocenters. The van der Waals surface area contributed by atoms with Crippen LogP contribution in [0.4, 0.5) is 0 Å². The minimum absolute atomic E-state index is 0.210. The van der Waals surface area contributed by atoms with Gasteiger partial charge in [0.05, 0.1) is 12.7 Å². The smallest absolute Gasteiger partial charge is 0.330 e. The monoisotopic (exact) mass is 242 g/mol. The van der Waals surface area contributed by atoms with Crippen LogP contribution in [0.15, 0.2) is 11.6 Å². The number of morpholine rings is 1. The number of hydrogen-bond acceptors (Lipinski definition) is 4. The van der Waals surface area contributed by atoms with Crippen molar-refractivity contribution in [3.63, 3.8) is 0 Å². The first-order valence-corrected chi connectivity index (χ1v) is 6.08. The zero-order chi connectivity index (χ0) is 12.7. The summed E-state index contributed by atoms with van der Waals surface area (Å²) in [6.07, 6.45) is 1.89. The van der Waals surface area contributed by atoms with Crippen LogP contribution < -0.4 is 5.32 Å². The molecule has 1 saturated heterocycles. The fourth-order valence-electron chi connectivity index (χ4n) is 1.75. The molecular formula is C12H22N2O3. The number of carboxylic acid groups (broad SMARTS) is 1. The van der Waals surface area contributed by atoms with Crippen LogP contribution in [0.5, 0.6) is 0 Å². The Morgan fingerprint density at radius 2 is 2.41 bits per heavy atom. The molecule has 2 N–H and O–H groups in total. The number of aliphatic carboxylic acids is 1. The maximum absolute atomic E-state index is 10.5. The highest BCUT2D eigenvalue weighted by molar-refractivity contribution is 5.85. The number of carbonyl (C=O) groups is 1. The molecule has 0 aromatic rings. The molecule has 0 spiro atoms. The number of ether oxygens (including phenoxy) is 1. The molecule has 1 heterocycles. The van der Waals surface area contributed by atoms with Crippen LogP contribution in [0.1, 0.15) is 13.8 Å². The molecular weight excluding hydrogens is 220 g/mol. The van der Waals surface area contributed by atoms with Gasteiger partial charge in [-0.05, 0) is 13.5 Å². The van der Waals surface area contributed by atoms with E-state index < -0.39 is 5.97 Å². The van der Waals surface area contributed by atoms with Gasteiger partial charge in [0.2, 0.25) is 0 Å². The average Bonchev–Trinajstić information content (AvgIpc) is 2.34. The average molecular weight is 242 g/mol. The van der Waals surface area contributed by atoms with Crippen LogP contribution in [0.2, 0.25) is 0 Å². The summed E-state index contributed by atoms with van der Waals surface area (Å²) in [6.45, 7) is 8.87. The van der Waals surface area contributed by atoms with Gasteiger partial charge in [0.1, 0.15) is 0 Å². The van der Waals surface area contributed by atoms with Crippen LogP contribution in [0, 0.1) is 0 Å². The Kier molecular flexibility index (Phi) is 6.18. The Bertz CT molecular complexity index is 279. The molecule has 0 radical (unpaired) electrons. The lowest BCUT2D eigenvalue weighted by Crippen LogP contribution is -2.46. The molecule has 1 atom stereocenters. The fourth-order valence-corrected chi connectivity index (χ4v) is 1.75. The second kappa shape index (κ2) is 7.42. The Labute approximate surface area is 102 Å². The first-order valence-electron chi connectivity index (χ1n) is 6.08. The van der Waals surface area contributed by atoms with Gasteiger partial charge in [-0.1, -0.05) is 13.0 Å². The lowest BCUT2D eigenvalue weighted by atomic mass is 10.2. The Morgan fingerprint density at radius 3 is 3.06 bits per heavy atom. The number of nitrogens with one attached hydrogen (secondary N) is 1. The summed E-state index contributed by atoms with van der Waals surface area (Å²) in [7, 11) is 0. The van der Waals surface area contributed by atoms with Crippen molar-refractivity contribution in [3.05, 3.63) is 11.6 Å². The predicted molar refractivity (Wildman–Crippen MR) is 66.1 cm³/mol. The number of hydrogen-bond donors (Lipinski definition) is 2. The molecule has 0 amide bonds. The van der Waals surface area contributed by atoms with Crippen LogP contribution in [-0.4, -0.2) is 61.4 Å². The van der Waals surface area contributed by atoms with E-state index >= 15 is 0 Å². The van der Waals surface area contributed by atoms with E-state index in [4.69, 9.17) is 9.84 Å². The van der Waals surface area contributed by atoms with Crippen LogP contribution >= 0.6 is 0 Å². The summed E-state index contributed by atoms with van der Waals surface area (Å²) in [6, 6.07) is 0. The Morgan fingerprint density at radius 1 is 1.65 bits per heavy atom. The van der Waals surface area contributed by atoms with E-state index in [0.717, 1.165) is 32.8 Å². The minimum Gasteiger partial charge on any atom is -0.478 e. The van der Waals surface area contributed by atoms with E-state index in [1.807, 2.05) is 0 Å². The predicted octanol–water partition coefficient (Wildman–Crippen LogP) is 0.328. The van der Waals surface area contributed by atoms with E-state index in [9.17, 15) is 4.79 Å². The highest BCUT2D eigenvalue weighted by atomic mass is 16.5. The molecule has 5 nitrogen and oxygen atoms in total. The standard InChI is InChI=1S/C12H22N2O3/c1-3-14-6-7-17-11(9-14)8-13-5-4-10(2)12(15)16/h4,11,13H,3,5-9H2,1-2H3,(H,15,16)/b10-4-. The lowest BCUT2D eigenvalue weighted by molar-refractivity contribution is -0.132. The van der Waals surface area contributed by atoms with E-state index in [1.165, 1.54) is 0 Å². The molecule has 5 heteroatoms. The van der Waals surface area contributed by atoms with Crippen molar-refractivity contribution in [1.82, 2.24) is 10.2 Å². The largest absolute Gasteiger partial charge is 0.478 e. The summed E-state index contributed by atoms with van der Waals surface area (Å²) < 4.78 is 5.62. The third-order valence-electron chi connectivity index (χ3n) is 2.93. The molecule has 0 aromatic heterocycles. The van der Waals surface area contributed by atoms with Crippen molar-refractivity contribution >= 4 is 5.97 Å². The molecule has 0 aromatic carbocycles. The van der Waals surface area contributed by atoms with Gasteiger partial charge in [-0.2, -0.15) is 0 Å². The van der Waals surface area contributed by atoms with E-state index in [0.29, 0.717) is 12.1 Å². The minimum atomic E-state index is -0.863. The van der Waals surface area contributed by atoms with Gasteiger partial charge in [0.25, 0.3) is 0 Å². The molecule has 98 valence electrons. The molecule has 1 aliphatic heterocycles. The van der Waals surface area contributed by atoms with Crippen LogP contribution in [-0.2, 0) is 9.53 Å². The quantitative estimate of drug-likeness (QED) is 0.519. The zero-order valence-electron chi connectivity index (χ0n) is 10.6. The summed E-state index contributed by atoms with van der Waals surface area (Å²) in [4.78, 5) is 12.9.